The van der Waals surface area contributed by atoms with E-state index in [0.717, 1.165) is 12.2 Å². The zero-order valence-corrected chi connectivity index (χ0v) is 8.52. The Morgan fingerprint density at radius 3 is 2.73 bits per heavy atom. The lowest BCUT2D eigenvalue weighted by Gasteiger charge is -2.04. The molecule has 0 unspecified atom stereocenters. The molecule has 0 bridgehead atoms. The van der Waals surface area contributed by atoms with Gasteiger partial charge in [-0.2, -0.15) is 0 Å². The minimum atomic E-state index is 0.245. The van der Waals surface area contributed by atoms with Crippen LogP contribution in [0, 0.1) is 0 Å². The first-order chi connectivity index (χ1) is 7.33. The van der Waals surface area contributed by atoms with Crippen molar-refractivity contribution in [1.29, 1.82) is 0 Å². The van der Waals surface area contributed by atoms with E-state index in [1.54, 1.807) is 0 Å². The molecule has 5 heteroatoms. The molecule has 0 aliphatic carbocycles. The van der Waals surface area contributed by atoms with Crippen molar-refractivity contribution in [2.24, 2.45) is 16.6 Å². The highest BCUT2D eigenvalue weighted by Gasteiger charge is 1.91. The summed E-state index contributed by atoms with van der Waals surface area (Å²) in [4.78, 5) is 3.95. The van der Waals surface area contributed by atoms with Crippen molar-refractivity contribution in [1.82, 2.24) is 5.43 Å². The van der Waals surface area contributed by atoms with Crippen LogP contribution in [0.2, 0.25) is 0 Å². The zero-order valence-electron chi connectivity index (χ0n) is 8.52. The van der Waals surface area contributed by atoms with Crippen molar-refractivity contribution in [3.05, 3.63) is 30.3 Å². The van der Waals surface area contributed by atoms with Gasteiger partial charge in [0.25, 0.3) is 0 Å². The maximum atomic E-state index is 5.46. The number of rotatable bonds is 5. The van der Waals surface area contributed by atoms with Crippen LogP contribution >= 0.6 is 0 Å². The van der Waals surface area contributed by atoms with Crippen molar-refractivity contribution in [2.75, 3.05) is 13.2 Å². The molecule has 0 aliphatic rings. The average Bonchev–Trinajstić information content (AvgIpc) is 2.29. The summed E-state index contributed by atoms with van der Waals surface area (Å²) in [5, 5.41) is 0. The van der Waals surface area contributed by atoms with Gasteiger partial charge in [-0.25, -0.2) is 5.84 Å². The number of hydrogen-bond acceptors (Lipinski definition) is 3. The average molecular weight is 208 g/mol. The maximum absolute atomic E-state index is 5.46. The molecule has 0 spiro atoms. The molecule has 15 heavy (non-hydrogen) atoms. The summed E-state index contributed by atoms with van der Waals surface area (Å²) >= 11 is 0. The van der Waals surface area contributed by atoms with Crippen LogP contribution in [0.4, 0.5) is 0 Å². The molecule has 1 aromatic carbocycles. The smallest absolute Gasteiger partial charge is 0.203 e. The van der Waals surface area contributed by atoms with Crippen LogP contribution in [0.25, 0.3) is 0 Å². The Balaban J connectivity index is 2.13. The van der Waals surface area contributed by atoms with E-state index >= 15 is 0 Å². The molecule has 82 valence electrons. The van der Waals surface area contributed by atoms with Gasteiger partial charge in [-0.05, 0) is 12.1 Å². The molecule has 0 amide bonds. The topological polar surface area (TPSA) is 85.7 Å². The van der Waals surface area contributed by atoms with E-state index < -0.39 is 0 Å². The van der Waals surface area contributed by atoms with Crippen LogP contribution in [-0.2, 0) is 0 Å². The van der Waals surface area contributed by atoms with Crippen LogP contribution in [0.1, 0.15) is 6.42 Å². The number of nitrogens with zero attached hydrogens (tertiary/aromatic N) is 1. The van der Waals surface area contributed by atoms with Crippen LogP contribution < -0.4 is 21.7 Å². The molecule has 0 radical (unpaired) electrons. The molecule has 0 atom stereocenters. The minimum Gasteiger partial charge on any atom is -0.494 e. The summed E-state index contributed by atoms with van der Waals surface area (Å²) in [5.74, 6) is 6.15. The standard InChI is InChI=1S/C10H16N4O/c11-10(14-12)13-7-4-8-15-9-5-2-1-3-6-9/h1-3,5-6H,4,7-8,12H2,(H3,11,13,14). The number of nitrogens with one attached hydrogen (secondary N) is 1. The molecule has 5 nitrogen and oxygen atoms in total. The Morgan fingerprint density at radius 2 is 2.07 bits per heavy atom. The molecule has 1 aromatic rings. The first-order valence-corrected chi connectivity index (χ1v) is 4.77. The monoisotopic (exact) mass is 208 g/mol. The summed E-state index contributed by atoms with van der Waals surface area (Å²) in [5.41, 5.74) is 7.60. The molecule has 0 saturated heterocycles. The molecule has 0 fully saturated rings. The van der Waals surface area contributed by atoms with Gasteiger partial charge < -0.3 is 10.5 Å². The predicted octanol–water partition coefficient (Wildman–Crippen LogP) is 0.234. The summed E-state index contributed by atoms with van der Waals surface area (Å²) in [7, 11) is 0. The van der Waals surface area contributed by atoms with E-state index in [1.807, 2.05) is 30.3 Å². The lowest BCUT2D eigenvalue weighted by molar-refractivity contribution is 0.313. The van der Waals surface area contributed by atoms with Crippen LogP contribution in [0.5, 0.6) is 5.75 Å². The molecule has 0 heterocycles. The summed E-state index contributed by atoms with van der Waals surface area (Å²) in [6.07, 6.45) is 0.803. The predicted molar refractivity (Wildman–Crippen MR) is 60.4 cm³/mol. The molecule has 1 rings (SSSR count). The molecule has 0 saturated carbocycles. The number of aliphatic imine (C=N–C) groups is 1. The highest BCUT2D eigenvalue weighted by Crippen LogP contribution is 2.08. The Hall–Kier alpha value is -1.75. The molecule has 5 N–H and O–H groups in total. The number of ether oxygens (including phenoxy) is 1. The quantitative estimate of drug-likeness (QED) is 0.213. The summed E-state index contributed by atoms with van der Waals surface area (Å²) in [6.45, 7) is 1.22. The van der Waals surface area contributed by atoms with Gasteiger partial charge in [-0.3, -0.25) is 10.4 Å². The molecule has 0 aliphatic heterocycles. The second kappa shape index (κ2) is 6.67. The fourth-order valence-electron chi connectivity index (χ4n) is 1.02. The van der Waals surface area contributed by atoms with Gasteiger partial charge in [0, 0.05) is 13.0 Å². The Kier molecular flexibility index (Phi) is 5.03. The van der Waals surface area contributed by atoms with Crippen LogP contribution in [0.3, 0.4) is 0 Å². The SMILES string of the molecule is NNC(N)=NCCCOc1ccccc1. The fourth-order valence-corrected chi connectivity index (χ4v) is 1.02. The van der Waals surface area contributed by atoms with Gasteiger partial charge in [0.1, 0.15) is 5.75 Å². The highest BCUT2D eigenvalue weighted by molar-refractivity contribution is 5.76. The first-order valence-electron chi connectivity index (χ1n) is 4.77. The summed E-state index contributed by atoms with van der Waals surface area (Å²) < 4.78 is 5.46. The number of hydrogen-bond donors (Lipinski definition) is 3. The Bertz CT molecular complexity index is 300. The van der Waals surface area contributed by atoms with Crippen molar-refractivity contribution in [2.45, 2.75) is 6.42 Å². The minimum absolute atomic E-state index is 0.245. The third kappa shape index (κ3) is 4.87. The van der Waals surface area contributed by atoms with Crippen molar-refractivity contribution >= 4 is 5.96 Å². The number of para-hydroxylation sites is 1. The van der Waals surface area contributed by atoms with E-state index in [-0.39, 0.29) is 5.96 Å². The number of nitrogens with two attached hydrogens (primary N) is 2. The van der Waals surface area contributed by atoms with Gasteiger partial charge in [-0.15, -0.1) is 0 Å². The number of hydrazine groups is 1. The number of benzene rings is 1. The van der Waals surface area contributed by atoms with Gasteiger partial charge in [0.15, 0.2) is 0 Å². The van der Waals surface area contributed by atoms with Crippen LogP contribution in [-0.4, -0.2) is 19.1 Å². The molecule has 0 aromatic heterocycles. The zero-order chi connectivity index (χ0) is 10.9. The van der Waals surface area contributed by atoms with Crippen molar-refractivity contribution in [3.63, 3.8) is 0 Å². The number of guanidine groups is 1. The summed E-state index contributed by atoms with van der Waals surface area (Å²) in [6, 6.07) is 9.65. The first kappa shape index (κ1) is 11.3. The van der Waals surface area contributed by atoms with Crippen LogP contribution in [0.15, 0.2) is 35.3 Å². The van der Waals surface area contributed by atoms with E-state index in [9.17, 15) is 0 Å². The highest BCUT2D eigenvalue weighted by atomic mass is 16.5. The third-order valence-corrected chi connectivity index (χ3v) is 1.74. The molecular weight excluding hydrogens is 192 g/mol. The second-order valence-corrected chi connectivity index (χ2v) is 2.93. The van der Waals surface area contributed by atoms with E-state index in [4.69, 9.17) is 16.3 Å². The fraction of sp³-hybridized carbons (Fsp3) is 0.300. The lowest BCUT2D eigenvalue weighted by Crippen LogP contribution is -2.37. The third-order valence-electron chi connectivity index (χ3n) is 1.74. The Morgan fingerprint density at radius 1 is 1.33 bits per heavy atom. The van der Waals surface area contributed by atoms with Gasteiger partial charge in [0.2, 0.25) is 5.96 Å². The van der Waals surface area contributed by atoms with Gasteiger partial charge in [-0.1, -0.05) is 18.2 Å². The Labute approximate surface area is 89.1 Å². The normalized spacial score (nSPS) is 11.1. The van der Waals surface area contributed by atoms with Crippen molar-refractivity contribution < 1.29 is 4.74 Å². The van der Waals surface area contributed by atoms with E-state index in [0.29, 0.717) is 13.2 Å². The second-order valence-electron chi connectivity index (χ2n) is 2.93. The molecular formula is C10H16N4O. The van der Waals surface area contributed by atoms with Crippen molar-refractivity contribution in [3.8, 4) is 5.75 Å². The maximum Gasteiger partial charge on any atom is 0.203 e. The van der Waals surface area contributed by atoms with Gasteiger partial charge in [0.05, 0.1) is 6.61 Å². The van der Waals surface area contributed by atoms with E-state index in [2.05, 4.69) is 10.4 Å². The van der Waals surface area contributed by atoms with E-state index in [1.165, 1.54) is 0 Å². The van der Waals surface area contributed by atoms with Gasteiger partial charge >= 0.3 is 0 Å². The lowest BCUT2D eigenvalue weighted by atomic mass is 10.3. The largest absolute Gasteiger partial charge is 0.494 e.